The molecule has 194 valence electrons. The maximum Gasteiger partial charge on any atom is 0.261 e. The van der Waals surface area contributed by atoms with Gasteiger partial charge < -0.3 is 0 Å². The zero-order valence-electron chi connectivity index (χ0n) is 21.0. The van der Waals surface area contributed by atoms with Crippen molar-refractivity contribution in [1.29, 1.82) is 0 Å². The fraction of sp³-hybridized carbons (Fsp3) is 0. The molecule has 7 aromatic rings. The largest absolute Gasteiger partial charge is 0.279 e. The highest BCUT2D eigenvalue weighted by molar-refractivity contribution is 9.10. The van der Waals surface area contributed by atoms with Gasteiger partial charge in [0.1, 0.15) is 0 Å². The standard InChI is InChI=1S/C32H21BrN4O2S/c33-24-12-14-25(15-13-24)40(38,39)36-28-17-16-27-26-8-3-4-9-29(26)37(32-34-18-5-19-35-32)31(27)30(28)23-11-10-21-6-1-2-7-22(21)20-23/h1-20,36H. The molecule has 0 fully saturated rings. The first-order valence-electron chi connectivity index (χ1n) is 12.6. The predicted molar refractivity (Wildman–Crippen MR) is 164 cm³/mol. The number of nitrogens with one attached hydrogen (secondary N) is 1. The van der Waals surface area contributed by atoms with Gasteiger partial charge in [0.15, 0.2) is 0 Å². The Morgan fingerprint density at radius 3 is 2.23 bits per heavy atom. The highest BCUT2D eigenvalue weighted by Crippen LogP contribution is 2.42. The van der Waals surface area contributed by atoms with Crippen molar-refractivity contribution in [2.24, 2.45) is 0 Å². The molecule has 0 unspecified atom stereocenters. The van der Waals surface area contributed by atoms with E-state index in [2.05, 4.69) is 61.0 Å². The third-order valence-corrected chi connectivity index (χ3v) is 8.91. The number of rotatable bonds is 5. The molecule has 40 heavy (non-hydrogen) atoms. The summed E-state index contributed by atoms with van der Waals surface area (Å²) in [6.45, 7) is 0. The number of halogens is 1. The summed E-state index contributed by atoms with van der Waals surface area (Å²) < 4.78 is 32.9. The molecule has 2 aromatic heterocycles. The van der Waals surface area contributed by atoms with E-state index in [-0.39, 0.29) is 4.90 Å². The molecular formula is C32H21BrN4O2S. The van der Waals surface area contributed by atoms with Crippen LogP contribution in [0.25, 0.3) is 49.7 Å². The van der Waals surface area contributed by atoms with Gasteiger partial charge in [0, 0.05) is 33.2 Å². The first-order valence-corrected chi connectivity index (χ1v) is 14.9. The molecule has 5 aromatic carbocycles. The van der Waals surface area contributed by atoms with Crippen molar-refractivity contribution >= 4 is 64.2 Å². The van der Waals surface area contributed by atoms with Crippen molar-refractivity contribution in [2.75, 3.05) is 4.72 Å². The van der Waals surface area contributed by atoms with E-state index in [1.165, 1.54) is 0 Å². The summed E-state index contributed by atoms with van der Waals surface area (Å²) >= 11 is 3.39. The molecule has 0 bridgehead atoms. The Hall–Kier alpha value is -4.53. The summed E-state index contributed by atoms with van der Waals surface area (Å²) in [5.41, 5.74) is 3.83. The zero-order valence-corrected chi connectivity index (χ0v) is 23.4. The minimum atomic E-state index is -3.89. The van der Waals surface area contributed by atoms with Crippen LogP contribution in [-0.4, -0.2) is 23.0 Å². The number of nitrogens with zero attached hydrogens (tertiary/aromatic N) is 3. The monoisotopic (exact) mass is 604 g/mol. The van der Waals surface area contributed by atoms with Gasteiger partial charge >= 0.3 is 0 Å². The Bertz CT molecular complexity index is 2160. The Labute approximate surface area is 239 Å². The van der Waals surface area contributed by atoms with Gasteiger partial charge in [-0.2, -0.15) is 0 Å². The van der Waals surface area contributed by atoms with Gasteiger partial charge in [-0.3, -0.25) is 9.29 Å². The molecule has 0 saturated heterocycles. The van der Waals surface area contributed by atoms with Crippen LogP contribution in [0.3, 0.4) is 0 Å². The maximum absolute atomic E-state index is 13.6. The Morgan fingerprint density at radius 2 is 1.43 bits per heavy atom. The van der Waals surface area contributed by atoms with Crippen molar-refractivity contribution in [3.05, 3.63) is 126 Å². The second kappa shape index (κ2) is 9.59. The van der Waals surface area contributed by atoms with E-state index in [1.54, 1.807) is 42.7 Å². The number of aromatic nitrogens is 3. The second-order valence-electron chi connectivity index (χ2n) is 9.41. The van der Waals surface area contributed by atoms with Crippen LogP contribution < -0.4 is 4.72 Å². The number of hydrogen-bond acceptors (Lipinski definition) is 4. The highest BCUT2D eigenvalue weighted by atomic mass is 79.9. The van der Waals surface area contributed by atoms with Crippen molar-refractivity contribution in [1.82, 2.24) is 14.5 Å². The van der Waals surface area contributed by atoms with Crippen LogP contribution in [0, 0.1) is 0 Å². The van der Waals surface area contributed by atoms with Gasteiger partial charge in [-0.15, -0.1) is 0 Å². The van der Waals surface area contributed by atoms with E-state index in [4.69, 9.17) is 0 Å². The van der Waals surface area contributed by atoms with Gasteiger partial charge in [0.25, 0.3) is 10.0 Å². The lowest BCUT2D eigenvalue weighted by molar-refractivity contribution is 0.601. The van der Waals surface area contributed by atoms with E-state index in [0.717, 1.165) is 48.2 Å². The number of fused-ring (bicyclic) bond motifs is 4. The summed E-state index contributed by atoms with van der Waals surface area (Å²) in [4.78, 5) is 9.32. The van der Waals surface area contributed by atoms with Crippen LogP contribution in [0.4, 0.5) is 5.69 Å². The SMILES string of the molecule is O=S(=O)(Nc1ccc2c3ccccc3n(-c3ncccn3)c2c1-c1ccc2ccccc2c1)c1ccc(Br)cc1. The molecule has 0 amide bonds. The fourth-order valence-electron chi connectivity index (χ4n) is 5.21. The average molecular weight is 606 g/mol. The topological polar surface area (TPSA) is 76.9 Å². The van der Waals surface area contributed by atoms with E-state index in [9.17, 15) is 8.42 Å². The first-order chi connectivity index (χ1) is 19.5. The molecule has 0 radical (unpaired) electrons. The van der Waals surface area contributed by atoms with Crippen molar-refractivity contribution in [3.63, 3.8) is 0 Å². The minimum absolute atomic E-state index is 0.173. The third-order valence-electron chi connectivity index (χ3n) is 7.00. The lowest BCUT2D eigenvalue weighted by atomic mass is 9.97. The summed E-state index contributed by atoms with van der Waals surface area (Å²) in [6, 6.07) is 34.5. The van der Waals surface area contributed by atoms with Crippen molar-refractivity contribution in [3.8, 4) is 17.1 Å². The smallest absolute Gasteiger partial charge is 0.261 e. The van der Waals surface area contributed by atoms with Gasteiger partial charge in [0.05, 0.1) is 21.6 Å². The maximum atomic E-state index is 13.6. The number of hydrogen-bond donors (Lipinski definition) is 1. The number of anilines is 1. The molecule has 1 N–H and O–H groups in total. The second-order valence-corrected chi connectivity index (χ2v) is 12.0. The number of benzene rings is 5. The predicted octanol–water partition coefficient (Wildman–Crippen LogP) is 7.96. The lowest BCUT2D eigenvalue weighted by Gasteiger charge is -2.17. The molecule has 2 heterocycles. The van der Waals surface area contributed by atoms with Crippen molar-refractivity contribution < 1.29 is 8.42 Å². The number of para-hydroxylation sites is 1. The molecule has 0 aliphatic rings. The lowest BCUT2D eigenvalue weighted by Crippen LogP contribution is -2.14. The molecule has 0 aliphatic carbocycles. The summed E-state index contributed by atoms with van der Waals surface area (Å²) in [6.07, 6.45) is 3.41. The Morgan fingerprint density at radius 1 is 0.700 bits per heavy atom. The summed E-state index contributed by atoms with van der Waals surface area (Å²) in [7, 11) is -3.89. The first kappa shape index (κ1) is 24.5. The van der Waals surface area contributed by atoms with E-state index >= 15 is 0 Å². The fourth-order valence-corrected chi connectivity index (χ4v) is 6.55. The van der Waals surface area contributed by atoms with E-state index in [0.29, 0.717) is 11.6 Å². The average Bonchev–Trinajstić information content (AvgIpc) is 3.31. The molecule has 6 nitrogen and oxygen atoms in total. The quantitative estimate of drug-likeness (QED) is 0.216. The van der Waals surface area contributed by atoms with Gasteiger partial charge in [-0.25, -0.2) is 18.4 Å². The van der Waals surface area contributed by atoms with Gasteiger partial charge in [0.2, 0.25) is 5.95 Å². The highest BCUT2D eigenvalue weighted by Gasteiger charge is 2.23. The molecule has 8 heteroatoms. The molecule has 0 spiro atoms. The van der Waals surface area contributed by atoms with Crippen molar-refractivity contribution in [2.45, 2.75) is 4.90 Å². The summed E-state index contributed by atoms with van der Waals surface area (Å²) in [5.74, 6) is 0.503. The Balaban J connectivity index is 1.58. The van der Waals surface area contributed by atoms with E-state index in [1.807, 2.05) is 53.1 Å². The van der Waals surface area contributed by atoms with Crippen LogP contribution in [-0.2, 0) is 10.0 Å². The zero-order chi connectivity index (χ0) is 27.3. The minimum Gasteiger partial charge on any atom is -0.279 e. The van der Waals surface area contributed by atoms with Crippen LogP contribution in [0.5, 0.6) is 0 Å². The number of sulfonamides is 1. The molecule has 7 rings (SSSR count). The summed E-state index contributed by atoms with van der Waals surface area (Å²) in [5, 5.41) is 4.15. The van der Waals surface area contributed by atoms with Crippen LogP contribution >= 0.6 is 15.9 Å². The normalized spacial score (nSPS) is 11.8. The third kappa shape index (κ3) is 4.13. The van der Waals surface area contributed by atoms with Crippen LogP contribution in [0.15, 0.2) is 131 Å². The van der Waals surface area contributed by atoms with Gasteiger partial charge in [-0.05, 0) is 64.9 Å². The van der Waals surface area contributed by atoms with Crippen LogP contribution in [0.2, 0.25) is 0 Å². The molecule has 0 aliphatic heterocycles. The van der Waals surface area contributed by atoms with Gasteiger partial charge in [-0.1, -0.05) is 76.6 Å². The molecule has 0 saturated carbocycles. The van der Waals surface area contributed by atoms with E-state index < -0.39 is 10.0 Å². The molecular weight excluding hydrogens is 584 g/mol. The van der Waals surface area contributed by atoms with Crippen LogP contribution in [0.1, 0.15) is 0 Å². The Kier molecular flexibility index (Phi) is 5.87. The molecule has 0 atom stereocenters.